The van der Waals surface area contributed by atoms with E-state index in [9.17, 15) is 4.79 Å². The maximum atomic E-state index is 12.1. The van der Waals surface area contributed by atoms with Crippen LogP contribution in [0.25, 0.3) is 0 Å². The van der Waals surface area contributed by atoms with Crippen molar-refractivity contribution in [1.29, 1.82) is 0 Å². The van der Waals surface area contributed by atoms with E-state index < -0.39 is 0 Å². The van der Waals surface area contributed by atoms with Crippen molar-refractivity contribution in [3.05, 3.63) is 0 Å². The van der Waals surface area contributed by atoms with E-state index >= 15 is 0 Å². The molecule has 0 heterocycles. The average molecular weight is 354 g/mol. The van der Waals surface area contributed by atoms with Crippen LogP contribution in [-0.2, 0) is 4.79 Å². The summed E-state index contributed by atoms with van der Waals surface area (Å²) in [6.45, 7) is 4.95. The Morgan fingerprint density at radius 3 is 2.50 bits per heavy atom. The molecular formula is C21H36ClNO. The Bertz CT molecular complexity index is 494. The Hall–Kier alpha value is -0.240. The summed E-state index contributed by atoms with van der Waals surface area (Å²) in [6, 6.07) is 0. The second kappa shape index (κ2) is 6.49. The van der Waals surface area contributed by atoms with Crippen LogP contribution in [0.2, 0.25) is 0 Å². The number of rotatable bonds is 2. The van der Waals surface area contributed by atoms with E-state index in [1.165, 1.54) is 57.8 Å². The van der Waals surface area contributed by atoms with Gasteiger partial charge in [-0.2, -0.15) is 0 Å². The number of fused-ring (bicyclic) bond motifs is 5. The molecular weight excluding hydrogens is 318 g/mol. The van der Waals surface area contributed by atoms with Crippen LogP contribution in [0.1, 0.15) is 84.5 Å². The minimum absolute atomic E-state index is 0. The Morgan fingerprint density at radius 1 is 1.00 bits per heavy atom. The van der Waals surface area contributed by atoms with Gasteiger partial charge in [0, 0.05) is 5.92 Å². The summed E-state index contributed by atoms with van der Waals surface area (Å²) in [6.07, 6.45) is 14.9. The highest BCUT2D eigenvalue weighted by Crippen LogP contribution is 2.68. The van der Waals surface area contributed by atoms with Gasteiger partial charge in [0.05, 0.1) is 0 Å². The molecule has 0 spiro atoms. The van der Waals surface area contributed by atoms with E-state index in [2.05, 4.69) is 13.8 Å². The molecule has 0 aromatic rings. The number of carbonyl (C=O) groups excluding carboxylic acids is 1. The third-order valence-corrected chi connectivity index (χ3v) is 9.30. The van der Waals surface area contributed by atoms with Gasteiger partial charge in [-0.25, -0.2) is 0 Å². The summed E-state index contributed by atoms with van der Waals surface area (Å²) in [5.74, 6) is 3.73. The fourth-order valence-electron chi connectivity index (χ4n) is 8.22. The van der Waals surface area contributed by atoms with Crippen molar-refractivity contribution >= 4 is 18.3 Å². The van der Waals surface area contributed by atoms with Crippen LogP contribution in [0.15, 0.2) is 0 Å². The molecule has 4 aliphatic rings. The van der Waals surface area contributed by atoms with Crippen LogP contribution in [0.4, 0.5) is 0 Å². The van der Waals surface area contributed by atoms with Crippen LogP contribution in [0.5, 0.6) is 0 Å². The third-order valence-electron chi connectivity index (χ3n) is 9.30. The highest BCUT2D eigenvalue weighted by atomic mass is 35.5. The molecule has 4 aliphatic carbocycles. The molecule has 1 amide bonds. The lowest BCUT2D eigenvalue weighted by Gasteiger charge is -2.61. The number of halogens is 1. The molecule has 2 nitrogen and oxygen atoms in total. The van der Waals surface area contributed by atoms with Crippen molar-refractivity contribution in [3.8, 4) is 0 Å². The molecule has 2 N–H and O–H groups in total. The van der Waals surface area contributed by atoms with Gasteiger partial charge in [0.15, 0.2) is 0 Å². The molecule has 0 aromatic heterocycles. The predicted molar refractivity (Wildman–Crippen MR) is 101 cm³/mol. The van der Waals surface area contributed by atoms with Gasteiger partial charge in [-0.1, -0.05) is 26.7 Å². The smallest absolute Gasteiger partial charge is 0.221 e. The number of hydrogen-bond acceptors (Lipinski definition) is 1. The number of amides is 1. The zero-order valence-electron chi connectivity index (χ0n) is 15.6. The first-order chi connectivity index (χ1) is 11.0. The largest absolute Gasteiger partial charge is 0.369 e. The third kappa shape index (κ3) is 2.38. The maximum Gasteiger partial charge on any atom is 0.221 e. The zero-order valence-corrected chi connectivity index (χ0v) is 16.4. The Labute approximate surface area is 154 Å². The number of nitrogens with two attached hydrogens (primary N) is 1. The van der Waals surface area contributed by atoms with Gasteiger partial charge in [0.2, 0.25) is 5.91 Å². The Kier molecular flexibility index (Phi) is 5.01. The molecule has 0 saturated heterocycles. The Balaban J connectivity index is 0.00000169. The van der Waals surface area contributed by atoms with Crippen molar-refractivity contribution < 1.29 is 4.79 Å². The standard InChI is InChI=1S/C21H35NO.ClH/c1-3-21-13-11-16-15(17(21)9-10-18(21)19(22)23)8-7-14-6-4-5-12-20(14,16)2;/h14-18H,3-13H2,1-2H3,(H2,22,23);1H/t14?,15-,16+,17+,18?,20+,21+;/m1./s1. The quantitative estimate of drug-likeness (QED) is 0.716. The normalized spacial score (nSPS) is 50.2. The zero-order chi connectivity index (χ0) is 16.2. The van der Waals surface area contributed by atoms with E-state index in [4.69, 9.17) is 5.73 Å². The SMILES string of the molecule is CC[C@]12CC[C@H]3[C@@H](CCC4CCCC[C@@]43C)[C@@H]1CCC2C(N)=O.Cl. The molecule has 2 unspecified atom stereocenters. The van der Waals surface area contributed by atoms with Crippen LogP contribution in [0, 0.1) is 40.4 Å². The monoisotopic (exact) mass is 353 g/mol. The summed E-state index contributed by atoms with van der Waals surface area (Å²) in [5, 5.41) is 0. The van der Waals surface area contributed by atoms with E-state index in [1.54, 1.807) is 0 Å². The van der Waals surface area contributed by atoms with E-state index in [1.807, 2.05) is 0 Å². The summed E-state index contributed by atoms with van der Waals surface area (Å²) in [7, 11) is 0. The van der Waals surface area contributed by atoms with Crippen LogP contribution >= 0.6 is 12.4 Å². The van der Waals surface area contributed by atoms with Gasteiger partial charge in [-0.15, -0.1) is 12.4 Å². The van der Waals surface area contributed by atoms with E-state index in [0.29, 0.717) is 5.41 Å². The molecule has 3 heteroatoms. The second-order valence-electron chi connectivity index (χ2n) is 9.56. The van der Waals surface area contributed by atoms with Gasteiger partial charge in [-0.05, 0) is 92.3 Å². The maximum absolute atomic E-state index is 12.1. The number of hydrogen-bond donors (Lipinski definition) is 1. The highest BCUT2D eigenvalue weighted by Gasteiger charge is 2.61. The highest BCUT2D eigenvalue weighted by molar-refractivity contribution is 5.85. The van der Waals surface area contributed by atoms with Gasteiger partial charge in [0.25, 0.3) is 0 Å². The first-order valence-corrected chi connectivity index (χ1v) is 10.3. The molecule has 7 atom stereocenters. The van der Waals surface area contributed by atoms with Crippen LogP contribution < -0.4 is 5.73 Å². The van der Waals surface area contributed by atoms with E-state index in [-0.39, 0.29) is 29.6 Å². The van der Waals surface area contributed by atoms with Gasteiger partial charge in [-0.3, -0.25) is 4.79 Å². The average Bonchev–Trinajstić information content (AvgIpc) is 2.94. The summed E-state index contributed by atoms with van der Waals surface area (Å²) in [4.78, 5) is 12.1. The first-order valence-electron chi connectivity index (χ1n) is 10.3. The summed E-state index contributed by atoms with van der Waals surface area (Å²) < 4.78 is 0. The summed E-state index contributed by atoms with van der Waals surface area (Å²) >= 11 is 0. The lowest BCUT2D eigenvalue weighted by Crippen LogP contribution is -2.54. The molecule has 0 aliphatic heterocycles. The number of carbonyl (C=O) groups is 1. The second-order valence-corrected chi connectivity index (χ2v) is 9.56. The Morgan fingerprint density at radius 2 is 1.79 bits per heavy atom. The first kappa shape index (κ1) is 18.5. The minimum Gasteiger partial charge on any atom is -0.369 e. The van der Waals surface area contributed by atoms with Gasteiger partial charge in [0.1, 0.15) is 0 Å². The van der Waals surface area contributed by atoms with E-state index in [0.717, 1.165) is 36.5 Å². The number of primary amides is 1. The molecule has 0 radical (unpaired) electrons. The van der Waals surface area contributed by atoms with Crippen molar-refractivity contribution in [2.75, 3.05) is 0 Å². The predicted octanol–water partition coefficient (Wildman–Crippen LogP) is 5.33. The van der Waals surface area contributed by atoms with Crippen molar-refractivity contribution in [3.63, 3.8) is 0 Å². The van der Waals surface area contributed by atoms with Crippen molar-refractivity contribution in [2.45, 2.75) is 84.5 Å². The lowest BCUT2D eigenvalue weighted by atomic mass is 9.44. The van der Waals surface area contributed by atoms with Crippen molar-refractivity contribution in [2.24, 2.45) is 46.2 Å². The molecule has 0 bridgehead atoms. The fraction of sp³-hybridized carbons (Fsp3) is 0.952. The molecule has 0 aromatic carbocycles. The molecule has 4 fully saturated rings. The van der Waals surface area contributed by atoms with Crippen LogP contribution in [-0.4, -0.2) is 5.91 Å². The fourth-order valence-corrected chi connectivity index (χ4v) is 8.22. The molecule has 4 saturated carbocycles. The molecule has 24 heavy (non-hydrogen) atoms. The topological polar surface area (TPSA) is 43.1 Å². The van der Waals surface area contributed by atoms with Gasteiger partial charge >= 0.3 is 0 Å². The summed E-state index contributed by atoms with van der Waals surface area (Å²) in [5.41, 5.74) is 6.68. The lowest BCUT2D eigenvalue weighted by molar-refractivity contribution is -0.137. The molecule has 138 valence electrons. The minimum atomic E-state index is -0.00892. The van der Waals surface area contributed by atoms with Crippen LogP contribution in [0.3, 0.4) is 0 Å². The molecule has 4 rings (SSSR count). The van der Waals surface area contributed by atoms with Crippen molar-refractivity contribution in [1.82, 2.24) is 0 Å². The van der Waals surface area contributed by atoms with Gasteiger partial charge < -0.3 is 5.73 Å².